The van der Waals surface area contributed by atoms with Gasteiger partial charge in [-0.3, -0.25) is 0 Å². The molecule has 0 heterocycles. The van der Waals surface area contributed by atoms with E-state index in [2.05, 4.69) is 0 Å². The van der Waals surface area contributed by atoms with Crippen molar-refractivity contribution >= 4 is 11.9 Å². The van der Waals surface area contributed by atoms with Gasteiger partial charge < -0.3 is 41.7 Å². The van der Waals surface area contributed by atoms with Crippen molar-refractivity contribution in [3.8, 4) is 0 Å². The van der Waals surface area contributed by atoms with Gasteiger partial charge in [-0.15, -0.1) is 0 Å². The van der Waals surface area contributed by atoms with Crippen LogP contribution in [0.3, 0.4) is 0 Å². The molecular weight excluding hydrogens is 228 g/mol. The summed E-state index contributed by atoms with van der Waals surface area (Å²) in [7, 11) is 0. The Kier molecular flexibility index (Phi) is 79.8. The molecular formula is C3H10CuO8. The summed E-state index contributed by atoms with van der Waals surface area (Å²) in [6.45, 7) is 0. The Morgan fingerprint density at radius 2 is 1.00 bits per heavy atom. The van der Waals surface area contributed by atoms with Crippen LogP contribution in [0.4, 0.5) is 0 Å². The largest absolute Gasteiger partial charge is 2.00 e. The first-order valence-corrected chi connectivity index (χ1v) is 1.52. The van der Waals surface area contributed by atoms with Gasteiger partial charge in [0.2, 0.25) is 0 Å². The molecule has 0 unspecified atom stereocenters. The third-order valence-corrected chi connectivity index (χ3v) is 0.289. The van der Waals surface area contributed by atoms with E-state index in [0.717, 1.165) is 0 Å². The summed E-state index contributed by atoms with van der Waals surface area (Å²) in [6.07, 6.45) is -1.03. The molecule has 0 spiro atoms. The van der Waals surface area contributed by atoms with Crippen molar-refractivity contribution in [3.05, 3.63) is 0 Å². The van der Waals surface area contributed by atoms with Gasteiger partial charge in [-0.05, 0) is 0 Å². The average Bonchev–Trinajstić information content (AvgIpc) is 1.27. The first kappa shape index (κ1) is 42.7. The third-order valence-electron chi connectivity index (χ3n) is 0.289. The number of carbonyl (C=O) groups is 2. The smallest absolute Gasteiger partial charge is 0.550 e. The predicted molar refractivity (Wildman–Crippen MR) is 29.1 cm³/mol. The molecule has 9 heteroatoms. The van der Waals surface area contributed by atoms with E-state index in [0.29, 0.717) is 0 Å². The van der Waals surface area contributed by atoms with Crippen LogP contribution in [-0.4, -0.2) is 33.8 Å². The molecule has 0 aromatic carbocycles. The van der Waals surface area contributed by atoms with E-state index >= 15 is 0 Å². The minimum Gasteiger partial charge on any atom is -0.550 e. The number of carboxylic acids is 2. The zero-order valence-electron chi connectivity index (χ0n) is 5.64. The normalized spacial score (nSPS) is 4.67. The molecule has 0 aliphatic carbocycles. The Bertz CT molecular complexity index is 90.5. The molecule has 0 atom stereocenters. The Morgan fingerprint density at radius 3 is 1.00 bits per heavy atom. The summed E-state index contributed by atoms with van der Waals surface area (Å²) in [5, 5.41) is 18.6. The van der Waals surface area contributed by atoms with Gasteiger partial charge in [-0.1, -0.05) is 0 Å². The molecule has 81 valence electrons. The molecule has 0 aliphatic rings. The zero-order chi connectivity index (χ0) is 5.86. The third kappa shape index (κ3) is 58.8. The number of hydrogen-bond donors (Lipinski definition) is 0. The molecule has 0 amide bonds. The molecule has 0 saturated carbocycles. The minimum absolute atomic E-state index is 0. The first-order valence-electron chi connectivity index (χ1n) is 1.52. The van der Waals surface area contributed by atoms with Gasteiger partial charge in [0.05, 0.1) is 0 Å². The second kappa shape index (κ2) is 22.4. The van der Waals surface area contributed by atoms with E-state index in [9.17, 15) is 19.8 Å². The summed E-state index contributed by atoms with van der Waals surface area (Å²) in [6, 6.07) is 0. The molecule has 0 bridgehead atoms. The summed E-state index contributed by atoms with van der Waals surface area (Å²) < 4.78 is 0. The predicted octanol–water partition coefficient (Wildman–Crippen LogP) is -6.42. The van der Waals surface area contributed by atoms with Gasteiger partial charge in [0.25, 0.3) is 0 Å². The van der Waals surface area contributed by atoms with Gasteiger partial charge >= 0.3 is 17.1 Å². The van der Waals surface area contributed by atoms with Crippen LogP contribution in [0, 0.1) is 0 Å². The molecule has 8 N–H and O–H groups in total. The Balaban J connectivity index is -0.0000000180. The van der Waals surface area contributed by atoms with Crippen LogP contribution in [0.5, 0.6) is 0 Å². The zero-order valence-corrected chi connectivity index (χ0v) is 6.58. The van der Waals surface area contributed by atoms with E-state index in [1.165, 1.54) is 0 Å². The molecule has 0 saturated heterocycles. The Hall–Kier alpha value is -0.701. The van der Waals surface area contributed by atoms with Crippen molar-refractivity contribution in [2.75, 3.05) is 0 Å². The van der Waals surface area contributed by atoms with Gasteiger partial charge in [0.1, 0.15) is 0 Å². The Labute approximate surface area is 77.9 Å². The van der Waals surface area contributed by atoms with E-state index < -0.39 is 18.4 Å². The van der Waals surface area contributed by atoms with E-state index in [4.69, 9.17) is 0 Å². The van der Waals surface area contributed by atoms with Crippen molar-refractivity contribution < 1.29 is 58.8 Å². The maximum atomic E-state index is 9.28. The Morgan fingerprint density at radius 1 is 0.833 bits per heavy atom. The monoisotopic (exact) mass is 237 g/mol. The van der Waals surface area contributed by atoms with Crippen LogP contribution in [-0.2, 0) is 26.7 Å². The molecule has 12 heavy (non-hydrogen) atoms. The fraction of sp³-hybridized carbons (Fsp3) is 0.333. The SMILES string of the molecule is O.O.O.O.O=C([O-])CC(=O)[O-].[Cu+2]. The minimum atomic E-state index is -1.63. The van der Waals surface area contributed by atoms with Crippen LogP contribution >= 0.6 is 0 Å². The van der Waals surface area contributed by atoms with Crippen molar-refractivity contribution in [1.82, 2.24) is 0 Å². The number of carboxylic acid groups (broad SMARTS) is 2. The van der Waals surface area contributed by atoms with Crippen LogP contribution in [0.2, 0.25) is 0 Å². The fourth-order valence-corrected chi connectivity index (χ4v) is 0.118. The van der Waals surface area contributed by atoms with Crippen molar-refractivity contribution in [2.45, 2.75) is 6.42 Å². The molecule has 1 radical (unpaired) electrons. The summed E-state index contributed by atoms with van der Waals surface area (Å²) in [5.41, 5.74) is 0. The van der Waals surface area contributed by atoms with Gasteiger partial charge in [-0.25, -0.2) is 0 Å². The second-order valence-electron chi connectivity index (χ2n) is 0.921. The number of rotatable bonds is 2. The first-order chi connectivity index (χ1) is 3.13. The topological polar surface area (TPSA) is 206 Å². The van der Waals surface area contributed by atoms with Crippen LogP contribution in [0.25, 0.3) is 0 Å². The number of carbonyl (C=O) groups excluding carboxylic acids is 2. The average molecular weight is 238 g/mol. The molecule has 0 fully saturated rings. The fourth-order valence-electron chi connectivity index (χ4n) is 0.118. The summed E-state index contributed by atoms with van der Waals surface area (Å²) >= 11 is 0. The van der Waals surface area contributed by atoms with E-state index in [-0.39, 0.29) is 39.0 Å². The molecule has 0 aliphatic heterocycles. The standard InChI is InChI=1S/C3H4O4.Cu.4H2O/c4-2(5)1-3(6)7;;;;;/h1H2,(H,4,5)(H,6,7);;4*1H2/q;+2;;;;/p-2. The van der Waals surface area contributed by atoms with Crippen molar-refractivity contribution in [3.63, 3.8) is 0 Å². The van der Waals surface area contributed by atoms with Gasteiger partial charge in [0.15, 0.2) is 0 Å². The molecule has 0 rings (SSSR count). The van der Waals surface area contributed by atoms with Crippen LogP contribution in [0.1, 0.15) is 6.42 Å². The van der Waals surface area contributed by atoms with Crippen LogP contribution < -0.4 is 10.2 Å². The molecule has 0 aromatic rings. The quantitative estimate of drug-likeness (QED) is 0.339. The van der Waals surface area contributed by atoms with Gasteiger partial charge in [0, 0.05) is 18.4 Å². The van der Waals surface area contributed by atoms with Crippen molar-refractivity contribution in [1.29, 1.82) is 0 Å². The summed E-state index contributed by atoms with van der Waals surface area (Å²) in [4.78, 5) is 18.6. The van der Waals surface area contributed by atoms with Crippen molar-refractivity contribution in [2.24, 2.45) is 0 Å². The van der Waals surface area contributed by atoms with Crippen LogP contribution in [0.15, 0.2) is 0 Å². The van der Waals surface area contributed by atoms with E-state index in [1.807, 2.05) is 0 Å². The maximum Gasteiger partial charge on any atom is 2.00 e. The maximum absolute atomic E-state index is 9.28. The van der Waals surface area contributed by atoms with E-state index in [1.54, 1.807) is 0 Å². The second-order valence-corrected chi connectivity index (χ2v) is 0.921. The van der Waals surface area contributed by atoms with Gasteiger partial charge in [-0.2, -0.15) is 0 Å². The molecule has 8 nitrogen and oxygen atoms in total. The molecule has 0 aromatic heterocycles. The number of aliphatic carboxylic acids is 2. The summed E-state index contributed by atoms with van der Waals surface area (Å²) in [5.74, 6) is -3.25. The number of hydrogen-bond acceptors (Lipinski definition) is 4.